The van der Waals surface area contributed by atoms with Gasteiger partial charge < -0.3 is 10.6 Å². The zero-order valence-electron chi connectivity index (χ0n) is 17.0. The van der Waals surface area contributed by atoms with Crippen LogP contribution >= 0.6 is 0 Å². The molecule has 0 aliphatic rings. The maximum atomic E-state index is 13.2. The number of nitrogens with zero attached hydrogens (tertiary/aromatic N) is 3. The summed E-state index contributed by atoms with van der Waals surface area (Å²) in [4.78, 5) is 25.6. The molecule has 0 bridgehead atoms. The summed E-state index contributed by atoms with van der Waals surface area (Å²) in [6.45, 7) is 9.25. The summed E-state index contributed by atoms with van der Waals surface area (Å²) in [5.41, 5.74) is 8.87. The standard InChI is InChI=1S/C21H29FN4O2/c1-14(2)13-26-16(4)19(15(3)24-26)9-10-21(28)25(12-11-20(23)27)18-7-5-17(22)6-8-18/h5-8,14H,9-13H2,1-4H3,(H2,23,27). The molecule has 7 heteroatoms. The van der Waals surface area contributed by atoms with Gasteiger partial charge in [-0.15, -0.1) is 0 Å². The number of nitrogens with two attached hydrogens (primary N) is 1. The van der Waals surface area contributed by atoms with E-state index in [4.69, 9.17) is 5.73 Å². The number of rotatable bonds is 9. The number of hydrogen-bond acceptors (Lipinski definition) is 3. The van der Waals surface area contributed by atoms with E-state index in [9.17, 15) is 14.0 Å². The van der Waals surface area contributed by atoms with Crippen molar-refractivity contribution in [2.24, 2.45) is 11.7 Å². The van der Waals surface area contributed by atoms with Gasteiger partial charge in [-0.05, 0) is 56.0 Å². The second-order valence-electron chi connectivity index (χ2n) is 7.46. The van der Waals surface area contributed by atoms with Crippen LogP contribution in [0.5, 0.6) is 0 Å². The van der Waals surface area contributed by atoms with Crippen molar-refractivity contribution < 1.29 is 14.0 Å². The normalized spacial score (nSPS) is 11.1. The highest BCUT2D eigenvalue weighted by atomic mass is 19.1. The van der Waals surface area contributed by atoms with Crippen molar-refractivity contribution in [2.75, 3.05) is 11.4 Å². The van der Waals surface area contributed by atoms with Gasteiger partial charge in [0, 0.05) is 37.3 Å². The first kappa shape index (κ1) is 21.6. The van der Waals surface area contributed by atoms with Crippen molar-refractivity contribution >= 4 is 17.5 Å². The Morgan fingerprint density at radius 2 is 1.82 bits per heavy atom. The zero-order valence-corrected chi connectivity index (χ0v) is 17.0. The van der Waals surface area contributed by atoms with E-state index < -0.39 is 5.91 Å². The average molecular weight is 388 g/mol. The summed E-state index contributed by atoms with van der Waals surface area (Å²) in [6.07, 6.45) is 0.877. The molecule has 2 aromatic rings. The minimum atomic E-state index is -0.485. The molecule has 28 heavy (non-hydrogen) atoms. The number of aryl methyl sites for hydroxylation is 1. The Labute approximate surface area is 165 Å². The third-order valence-corrected chi connectivity index (χ3v) is 4.68. The largest absolute Gasteiger partial charge is 0.370 e. The van der Waals surface area contributed by atoms with E-state index in [1.165, 1.54) is 29.2 Å². The van der Waals surface area contributed by atoms with E-state index in [0.29, 0.717) is 18.0 Å². The maximum Gasteiger partial charge on any atom is 0.227 e. The zero-order chi connectivity index (χ0) is 20.8. The Hall–Kier alpha value is -2.70. The Morgan fingerprint density at radius 3 is 2.39 bits per heavy atom. The third kappa shape index (κ3) is 5.65. The molecule has 0 unspecified atom stereocenters. The molecule has 1 aromatic heterocycles. The Bertz CT molecular complexity index is 828. The van der Waals surface area contributed by atoms with Crippen molar-refractivity contribution in [3.8, 4) is 0 Å². The number of carbonyl (C=O) groups is 2. The molecule has 0 saturated heterocycles. The highest BCUT2D eigenvalue weighted by Gasteiger charge is 2.19. The smallest absolute Gasteiger partial charge is 0.227 e. The number of benzene rings is 1. The lowest BCUT2D eigenvalue weighted by Gasteiger charge is -2.22. The van der Waals surface area contributed by atoms with Crippen molar-refractivity contribution in [3.63, 3.8) is 0 Å². The summed E-state index contributed by atoms with van der Waals surface area (Å²) in [7, 11) is 0. The fourth-order valence-corrected chi connectivity index (χ4v) is 3.23. The maximum absolute atomic E-state index is 13.2. The Morgan fingerprint density at radius 1 is 1.18 bits per heavy atom. The average Bonchev–Trinajstić information content (AvgIpc) is 2.87. The van der Waals surface area contributed by atoms with Gasteiger partial charge in [0.05, 0.1) is 5.69 Å². The molecule has 0 atom stereocenters. The number of halogens is 1. The summed E-state index contributed by atoms with van der Waals surface area (Å²) in [5.74, 6) is -0.519. The van der Waals surface area contributed by atoms with Crippen LogP contribution in [-0.4, -0.2) is 28.1 Å². The molecule has 2 N–H and O–H groups in total. The summed E-state index contributed by atoms with van der Waals surface area (Å²) in [6, 6.07) is 5.66. The number of aromatic nitrogens is 2. The molecule has 0 saturated carbocycles. The van der Waals surface area contributed by atoms with E-state index in [1.54, 1.807) is 0 Å². The quantitative estimate of drug-likeness (QED) is 0.716. The monoisotopic (exact) mass is 388 g/mol. The molecular weight excluding hydrogens is 359 g/mol. The van der Waals surface area contributed by atoms with Crippen LogP contribution in [0.15, 0.2) is 24.3 Å². The van der Waals surface area contributed by atoms with Gasteiger partial charge in [-0.3, -0.25) is 14.3 Å². The lowest BCUT2D eigenvalue weighted by Crippen LogP contribution is -2.34. The predicted octanol–water partition coefficient (Wildman–Crippen LogP) is 3.14. The fourth-order valence-electron chi connectivity index (χ4n) is 3.23. The minimum absolute atomic E-state index is 0.0491. The van der Waals surface area contributed by atoms with Crippen LogP contribution < -0.4 is 10.6 Å². The van der Waals surface area contributed by atoms with Crippen LogP contribution in [0.4, 0.5) is 10.1 Å². The minimum Gasteiger partial charge on any atom is -0.370 e. The lowest BCUT2D eigenvalue weighted by atomic mass is 10.1. The predicted molar refractivity (Wildman–Crippen MR) is 107 cm³/mol. The van der Waals surface area contributed by atoms with Gasteiger partial charge in [0.1, 0.15) is 5.82 Å². The molecule has 0 radical (unpaired) electrons. The Kier molecular flexibility index (Phi) is 7.31. The van der Waals surface area contributed by atoms with Crippen LogP contribution in [0.1, 0.15) is 43.6 Å². The van der Waals surface area contributed by atoms with Gasteiger partial charge >= 0.3 is 0 Å². The van der Waals surface area contributed by atoms with Gasteiger partial charge in [-0.25, -0.2) is 4.39 Å². The molecule has 152 valence electrons. The van der Waals surface area contributed by atoms with Crippen molar-refractivity contribution in [2.45, 2.75) is 53.5 Å². The van der Waals surface area contributed by atoms with E-state index >= 15 is 0 Å². The SMILES string of the molecule is Cc1nn(CC(C)C)c(C)c1CCC(=O)N(CCC(N)=O)c1ccc(F)cc1. The molecule has 1 heterocycles. The highest BCUT2D eigenvalue weighted by molar-refractivity contribution is 5.94. The van der Waals surface area contributed by atoms with Crippen molar-refractivity contribution in [1.82, 2.24) is 9.78 Å². The fraction of sp³-hybridized carbons (Fsp3) is 0.476. The summed E-state index contributed by atoms with van der Waals surface area (Å²) >= 11 is 0. The second-order valence-corrected chi connectivity index (χ2v) is 7.46. The molecule has 0 aliphatic carbocycles. The number of amides is 2. The van der Waals surface area contributed by atoms with Gasteiger partial charge in [0.25, 0.3) is 0 Å². The number of carbonyl (C=O) groups excluding carboxylic acids is 2. The van der Waals surface area contributed by atoms with E-state index in [1.807, 2.05) is 18.5 Å². The van der Waals surface area contributed by atoms with Gasteiger partial charge in [-0.2, -0.15) is 5.10 Å². The third-order valence-electron chi connectivity index (χ3n) is 4.68. The van der Waals surface area contributed by atoms with Gasteiger partial charge in [0.2, 0.25) is 11.8 Å². The van der Waals surface area contributed by atoms with Crippen LogP contribution in [-0.2, 0) is 22.6 Å². The molecule has 0 fully saturated rings. The van der Waals surface area contributed by atoms with E-state index in [0.717, 1.165) is 23.5 Å². The first-order valence-electron chi connectivity index (χ1n) is 9.56. The number of hydrogen-bond donors (Lipinski definition) is 1. The molecular formula is C21H29FN4O2. The van der Waals surface area contributed by atoms with Crippen LogP contribution in [0.2, 0.25) is 0 Å². The molecule has 2 rings (SSSR count). The molecule has 2 amide bonds. The van der Waals surface area contributed by atoms with Crippen molar-refractivity contribution in [1.29, 1.82) is 0 Å². The van der Waals surface area contributed by atoms with Crippen LogP contribution in [0.3, 0.4) is 0 Å². The first-order valence-corrected chi connectivity index (χ1v) is 9.56. The highest BCUT2D eigenvalue weighted by Crippen LogP contribution is 2.20. The molecule has 0 spiro atoms. The molecule has 6 nitrogen and oxygen atoms in total. The summed E-state index contributed by atoms with van der Waals surface area (Å²) in [5, 5.41) is 4.59. The molecule has 1 aromatic carbocycles. The van der Waals surface area contributed by atoms with Crippen LogP contribution in [0, 0.1) is 25.6 Å². The molecule has 0 aliphatic heterocycles. The van der Waals surface area contributed by atoms with Crippen molar-refractivity contribution in [3.05, 3.63) is 47.0 Å². The van der Waals surface area contributed by atoms with Gasteiger partial charge in [-0.1, -0.05) is 13.8 Å². The topological polar surface area (TPSA) is 81.2 Å². The first-order chi connectivity index (χ1) is 13.2. The summed E-state index contributed by atoms with van der Waals surface area (Å²) < 4.78 is 15.2. The van der Waals surface area contributed by atoms with Gasteiger partial charge in [0.15, 0.2) is 0 Å². The van der Waals surface area contributed by atoms with Crippen LogP contribution in [0.25, 0.3) is 0 Å². The number of anilines is 1. The number of primary amides is 1. The van der Waals surface area contributed by atoms with E-state index in [2.05, 4.69) is 18.9 Å². The second kappa shape index (κ2) is 9.48. The van der Waals surface area contributed by atoms with E-state index in [-0.39, 0.29) is 31.1 Å². The lowest BCUT2D eigenvalue weighted by molar-refractivity contribution is -0.119. The Balaban J connectivity index is 2.14.